The maximum absolute atomic E-state index is 12.9. The van der Waals surface area contributed by atoms with E-state index in [1.165, 1.54) is 32.0 Å². The Bertz CT molecular complexity index is 524. The van der Waals surface area contributed by atoms with Crippen LogP contribution in [-0.2, 0) is 6.18 Å². The molecule has 1 aromatic rings. The zero-order valence-electron chi connectivity index (χ0n) is 12.1. The fraction of sp³-hybridized carbons (Fsp3) is 0.533. The zero-order valence-corrected chi connectivity index (χ0v) is 12.1. The minimum Gasteiger partial charge on any atom is -0.387 e. The van der Waals surface area contributed by atoms with Crippen LogP contribution in [0.5, 0.6) is 0 Å². The summed E-state index contributed by atoms with van der Waals surface area (Å²) in [6.07, 6.45) is -1.27. The molecule has 1 atom stereocenters. The van der Waals surface area contributed by atoms with Gasteiger partial charge in [0.05, 0.1) is 16.8 Å². The second-order valence-electron chi connectivity index (χ2n) is 5.53. The Labute approximate surface area is 121 Å². The summed E-state index contributed by atoms with van der Waals surface area (Å²) in [6.45, 7) is 1.88. The van der Waals surface area contributed by atoms with E-state index in [4.69, 9.17) is 0 Å². The van der Waals surface area contributed by atoms with E-state index in [2.05, 4.69) is 10.6 Å². The lowest BCUT2D eigenvalue weighted by Crippen LogP contribution is -2.33. The van der Waals surface area contributed by atoms with Gasteiger partial charge in [-0.1, -0.05) is 18.9 Å². The van der Waals surface area contributed by atoms with E-state index in [9.17, 15) is 18.0 Å². The third kappa shape index (κ3) is 3.89. The highest BCUT2D eigenvalue weighted by Gasteiger charge is 2.35. The van der Waals surface area contributed by atoms with Gasteiger partial charge >= 0.3 is 6.18 Å². The Balaban J connectivity index is 2.19. The molecular weight excluding hydrogens is 281 g/mol. The first-order chi connectivity index (χ1) is 9.82. The zero-order chi connectivity index (χ0) is 15.6. The maximum atomic E-state index is 12.9. The minimum atomic E-state index is -4.49. The summed E-state index contributed by atoms with van der Waals surface area (Å²) in [4.78, 5) is 12.2. The number of hydrogen-bond acceptors (Lipinski definition) is 2. The lowest BCUT2D eigenvalue weighted by atomic mass is 10.0. The van der Waals surface area contributed by atoms with Crippen LogP contribution in [-0.4, -0.2) is 19.0 Å². The standard InChI is InChI=1S/C15H19F3N2O/c1-9(8-10-6-7-10)20-14(21)11-4-3-5-12(13(11)19-2)15(16,17)18/h3-5,9-10,19H,6-8H2,1-2H3,(H,20,21). The molecule has 1 amide bonds. The highest BCUT2D eigenvalue weighted by Crippen LogP contribution is 2.37. The molecule has 1 aliphatic rings. The van der Waals surface area contributed by atoms with Crippen molar-refractivity contribution >= 4 is 11.6 Å². The van der Waals surface area contributed by atoms with Gasteiger partial charge in [0, 0.05) is 13.1 Å². The van der Waals surface area contributed by atoms with Crippen LogP contribution < -0.4 is 10.6 Å². The van der Waals surface area contributed by atoms with Gasteiger partial charge in [0.25, 0.3) is 5.91 Å². The first-order valence-corrected chi connectivity index (χ1v) is 7.01. The van der Waals surface area contributed by atoms with Crippen LogP contribution >= 0.6 is 0 Å². The van der Waals surface area contributed by atoms with E-state index in [1.54, 1.807) is 0 Å². The number of hydrogen-bond donors (Lipinski definition) is 2. The summed E-state index contributed by atoms with van der Waals surface area (Å²) in [5.41, 5.74) is -0.983. The lowest BCUT2D eigenvalue weighted by molar-refractivity contribution is -0.136. The fourth-order valence-corrected chi connectivity index (χ4v) is 2.46. The number of rotatable bonds is 5. The van der Waals surface area contributed by atoms with Crippen LogP contribution in [0.25, 0.3) is 0 Å². The SMILES string of the molecule is CNc1c(C(=O)NC(C)CC2CC2)cccc1C(F)(F)F. The first-order valence-electron chi connectivity index (χ1n) is 7.01. The fourth-order valence-electron chi connectivity index (χ4n) is 2.46. The molecule has 2 rings (SSSR count). The van der Waals surface area contributed by atoms with Gasteiger partial charge in [-0.05, 0) is 31.4 Å². The number of amides is 1. The van der Waals surface area contributed by atoms with Crippen LogP contribution in [0.1, 0.15) is 42.1 Å². The van der Waals surface area contributed by atoms with Crippen molar-refractivity contribution in [3.8, 4) is 0 Å². The van der Waals surface area contributed by atoms with Gasteiger partial charge in [0.15, 0.2) is 0 Å². The Morgan fingerprint density at radius 1 is 1.38 bits per heavy atom. The van der Waals surface area contributed by atoms with Gasteiger partial charge in [-0.3, -0.25) is 4.79 Å². The van der Waals surface area contributed by atoms with E-state index in [0.717, 1.165) is 12.5 Å². The van der Waals surface area contributed by atoms with Crippen LogP contribution in [0.2, 0.25) is 0 Å². The number of benzene rings is 1. The van der Waals surface area contributed by atoms with E-state index in [1.807, 2.05) is 6.92 Å². The molecule has 1 saturated carbocycles. The summed E-state index contributed by atoms with van der Waals surface area (Å²) in [6, 6.07) is 3.59. The molecule has 1 aromatic carbocycles. The molecule has 1 aliphatic carbocycles. The van der Waals surface area contributed by atoms with Crippen molar-refractivity contribution in [1.29, 1.82) is 0 Å². The number of alkyl halides is 3. The summed E-state index contributed by atoms with van der Waals surface area (Å²) < 4.78 is 38.8. The van der Waals surface area contributed by atoms with Crippen molar-refractivity contribution in [1.82, 2.24) is 5.32 Å². The monoisotopic (exact) mass is 300 g/mol. The van der Waals surface area contributed by atoms with Crippen molar-refractivity contribution in [2.75, 3.05) is 12.4 Å². The molecule has 0 bridgehead atoms. The number of para-hydroxylation sites is 1. The van der Waals surface area contributed by atoms with Crippen molar-refractivity contribution < 1.29 is 18.0 Å². The average molecular weight is 300 g/mol. The molecule has 0 heterocycles. The smallest absolute Gasteiger partial charge is 0.387 e. The van der Waals surface area contributed by atoms with Crippen molar-refractivity contribution in [3.63, 3.8) is 0 Å². The Hall–Kier alpha value is -1.72. The molecule has 0 aromatic heterocycles. The second-order valence-corrected chi connectivity index (χ2v) is 5.53. The number of nitrogens with one attached hydrogen (secondary N) is 2. The molecule has 0 radical (unpaired) electrons. The van der Waals surface area contributed by atoms with Gasteiger partial charge in [-0.25, -0.2) is 0 Å². The maximum Gasteiger partial charge on any atom is 0.418 e. The molecule has 116 valence electrons. The summed E-state index contributed by atoms with van der Waals surface area (Å²) in [7, 11) is 1.38. The molecule has 6 heteroatoms. The predicted octanol–water partition coefficient (Wildman–Crippen LogP) is 3.67. The van der Waals surface area contributed by atoms with Crippen molar-refractivity contribution in [2.45, 2.75) is 38.4 Å². The third-order valence-electron chi connectivity index (χ3n) is 3.63. The molecule has 1 fully saturated rings. The number of anilines is 1. The summed E-state index contributed by atoms with van der Waals surface area (Å²) >= 11 is 0. The molecule has 2 N–H and O–H groups in total. The third-order valence-corrected chi connectivity index (χ3v) is 3.63. The Morgan fingerprint density at radius 2 is 2.05 bits per heavy atom. The van der Waals surface area contributed by atoms with Crippen LogP contribution in [0.3, 0.4) is 0 Å². The molecule has 0 saturated heterocycles. The number of halogens is 3. The van der Waals surface area contributed by atoms with Crippen LogP contribution in [0, 0.1) is 5.92 Å². The van der Waals surface area contributed by atoms with E-state index < -0.39 is 17.6 Å². The highest BCUT2D eigenvalue weighted by atomic mass is 19.4. The number of carbonyl (C=O) groups excluding carboxylic acids is 1. The summed E-state index contributed by atoms with van der Waals surface area (Å²) in [5, 5.41) is 5.27. The van der Waals surface area contributed by atoms with Gasteiger partial charge < -0.3 is 10.6 Å². The lowest BCUT2D eigenvalue weighted by Gasteiger charge is -2.18. The number of carbonyl (C=O) groups is 1. The Morgan fingerprint density at radius 3 is 2.57 bits per heavy atom. The van der Waals surface area contributed by atoms with Crippen LogP contribution in [0.4, 0.5) is 18.9 Å². The topological polar surface area (TPSA) is 41.1 Å². The first kappa shape index (κ1) is 15.7. The van der Waals surface area contributed by atoms with E-state index >= 15 is 0 Å². The van der Waals surface area contributed by atoms with Gasteiger partial charge in [-0.2, -0.15) is 13.2 Å². The largest absolute Gasteiger partial charge is 0.418 e. The molecule has 0 spiro atoms. The Kier molecular flexibility index (Phi) is 4.44. The van der Waals surface area contributed by atoms with E-state index in [0.29, 0.717) is 5.92 Å². The molecule has 21 heavy (non-hydrogen) atoms. The molecule has 0 aliphatic heterocycles. The molecular formula is C15H19F3N2O. The highest BCUT2D eigenvalue weighted by molar-refractivity contribution is 6.00. The molecule has 1 unspecified atom stereocenters. The van der Waals surface area contributed by atoms with Gasteiger partial charge in [0.2, 0.25) is 0 Å². The van der Waals surface area contributed by atoms with E-state index in [-0.39, 0.29) is 17.3 Å². The summed E-state index contributed by atoms with van der Waals surface area (Å²) in [5.74, 6) is 0.171. The van der Waals surface area contributed by atoms with Gasteiger partial charge in [-0.15, -0.1) is 0 Å². The van der Waals surface area contributed by atoms with Crippen molar-refractivity contribution in [3.05, 3.63) is 29.3 Å². The second kappa shape index (κ2) is 5.95. The van der Waals surface area contributed by atoms with Gasteiger partial charge in [0.1, 0.15) is 0 Å². The van der Waals surface area contributed by atoms with Crippen LogP contribution in [0.15, 0.2) is 18.2 Å². The minimum absolute atomic E-state index is 0.0231. The predicted molar refractivity (Wildman–Crippen MR) is 75.3 cm³/mol. The average Bonchev–Trinajstić information content (AvgIpc) is 3.20. The normalized spacial score (nSPS) is 16.4. The quantitative estimate of drug-likeness (QED) is 0.871. The van der Waals surface area contributed by atoms with Crippen molar-refractivity contribution in [2.24, 2.45) is 5.92 Å². The molecule has 3 nitrogen and oxygen atoms in total.